The number of hydrogen-bond acceptors (Lipinski definition) is 8. The fraction of sp³-hybridized carbons (Fsp3) is 0.250. The SMILES string of the molecule is CCC(C#N)C(Cc1ccc(Cl)cc1)C(=O)c1cccc(Cl)c1.CCOC(=O)CC#N.O=C(c1cccc(Cl)c1)C(Br)Cc1ccc(Cl)cc1.O=C=O. The van der Waals surface area contributed by atoms with Crippen LogP contribution in [0.1, 0.15) is 58.5 Å². The molecule has 276 valence electrons. The molecule has 4 aromatic carbocycles. The van der Waals surface area contributed by atoms with Crippen molar-refractivity contribution in [1.82, 2.24) is 0 Å². The summed E-state index contributed by atoms with van der Waals surface area (Å²) >= 11 is 27.0. The molecule has 0 saturated carbocycles. The molecule has 0 aliphatic carbocycles. The largest absolute Gasteiger partial charge is 0.465 e. The Morgan fingerprint density at radius 3 is 1.55 bits per heavy atom. The fourth-order valence-electron chi connectivity index (χ4n) is 4.63. The van der Waals surface area contributed by atoms with E-state index in [1.807, 2.05) is 43.3 Å². The molecule has 13 heteroatoms. The number of benzene rings is 4. The van der Waals surface area contributed by atoms with E-state index in [9.17, 15) is 19.6 Å². The summed E-state index contributed by atoms with van der Waals surface area (Å²) in [4.78, 5) is 51.3. The Morgan fingerprint density at radius 1 is 0.698 bits per heavy atom. The third-order valence-corrected chi connectivity index (χ3v) is 8.87. The highest BCUT2D eigenvalue weighted by Crippen LogP contribution is 2.26. The summed E-state index contributed by atoms with van der Waals surface area (Å²) in [5.74, 6) is -1.20. The maximum atomic E-state index is 12.9. The Balaban J connectivity index is 0.000000420. The van der Waals surface area contributed by atoms with Gasteiger partial charge in [0.25, 0.3) is 0 Å². The smallest absolute Gasteiger partial charge is 0.373 e. The van der Waals surface area contributed by atoms with Crippen molar-refractivity contribution >= 4 is 86.0 Å². The Labute approximate surface area is 337 Å². The molecule has 0 spiro atoms. The Morgan fingerprint density at radius 2 is 1.15 bits per heavy atom. The van der Waals surface area contributed by atoms with Crippen LogP contribution in [-0.2, 0) is 32.0 Å². The van der Waals surface area contributed by atoms with Gasteiger partial charge in [-0.1, -0.05) is 118 Å². The van der Waals surface area contributed by atoms with E-state index in [-0.39, 0.29) is 34.9 Å². The van der Waals surface area contributed by atoms with Gasteiger partial charge in [0.1, 0.15) is 6.42 Å². The van der Waals surface area contributed by atoms with E-state index in [1.54, 1.807) is 73.7 Å². The number of ether oxygens (including phenoxy) is 1. The molecule has 0 amide bonds. The quantitative estimate of drug-likeness (QED) is 0.0778. The van der Waals surface area contributed by atoms with Crippen molar-refractivity contribution in [3.05, 3.63) is 139 Å². The molecule has 4 aromatic rings. The van der Waals surface area contributed by atoms with Gasteiger partial charge in [-0.15, -0.1) is 0 Å². The lowest BCUT2D eigenvalue weighted by molar-refractivity contribution is -0.191. The van der Waals surface area contributed by atoms with Gasteiger partial charge in [-0.3, -0.25) is 14.4 Å². The molecule has 3 unspecified atom stereocenters. The van der Waals surface area contributed by atoms with Crippen molar-refractivity contribution in [2.24, 2.45) is 11.8 Å². The zero-order chi connectivity index (χ0) is 39.8. The molecule has 0 N–H and O–H groups in total. The third-order valence-electron chi connectivity index (χ3n) is 7.16. The number of nitriles is 2. The predicted molar refractivity (Wildman–Crippen MR) is 209 cm³/mol. The number of esters is 1. The van der Waals surface area contributed by atoms with Gasteiger partial charge < -0.3 is 4.74 Å². The van der Waals surface area contributed by atoms with E-state index in [2.05, 4.69) is 26.7 Å². The van der Waals surface area contributed by atoms with Crippen molar-refractivity contribution in [3.8, 4) is 12.1 Å². The number of hydrogen-bond donors (Lipinski definition) is 0. The second-order valence-electron chi connectivity index (χ2n) is 10.9. The normalized spacial score (nSPS) is 11.3. The lowest BCUT2D eigenvalue weighted by Gasteiger charge is -2.20. The molecule has 53 heavy (non-hydrogen) atoms. The summed E-state index contributed by atoms with van der Waals surface area (Å²) < 4.78 is 4.42. The first-order chi connectivity index (χ1) is 25.3. The van der Waals surface area contributed by atoms with Crippen LogP contribution in [0.5, 0.6) is 0 Å². The van der Waals surface area contributed by atoms with Gasteiger partial charge >= 0.3 is 12.1 Å². The van der Waals surface area contributed by atoms with E-state index < -0.39 is 11.9 Å². The highest BCUT2D eigenvalue weighted by molar-refractivity contribution is 9.10. The zero-order valence-corrected chi connectivity index (χ0v) is 33.3. The van der Waals surface area contributed by atoms with Gasteiger partial charge in [0.2, 0.25) is 0 Å². The first kappa shape index (κ1) is 46.7. The highest BCUT2D eigenvalue weighted by atomic mass is 79.9. The lowest BCUT2D eigenvalue weighted by Crippen LogP contribution is -2.25. The van der Waals surface area contributed by atoms with Crippen LogP contribution in [-0.4, -0.2) is 35.1 Å². The molecule has 0 bridgehead atoms. The molecular weight excluding hydrogens is 826 g/mol. The molecule has 8 nitrogen and oxygen atoms in total. The van der Waals surface area contributed by atoms with Crippen LogP contribution < -0.4 is 0 Å². The average molecular weight is 861 g/mol. The van der Waals surface area contributed by atoms with Gasteiger partial charge in [-0.05, 0) is 85.8 Å². The van der Waals surface area contributed by atoms with Crippen molar-refractivity contribution in [2.75, 3.05) is 6.61 Å². The van der Waals surface area contributed by atoms with Gasteiger partial charge in [0.05, 0.1) is 29.5 Å². The van der Waals surface area contributed by atoms with Gasteiger partial charge in [0.15, 0.2) is 11.6 Å². The Hall–Kier alpha value is -4.31. The van der Waals surface area contributed by atoms with Crippen LogP contribution in [0.15, 0.2) is 97.1 Å². The maximum Gasteiger partial charge on any atom is 0.373 e. The van der Waals surface area contributed by atoms with E-state index >= 15 is 0 Å². The fourth-order valence-corrected chi connectivity index (χ4v) is 5.90. The number of carbonyl (C=O) groups excluding carboxylic acids is 5. The standard InChI is InChI=1S/C19H17Cl2NO.C15H11BrCl2O.C5H7NO2.CO2/c1-2-14(12-22)18(10-13-6-8-16(20)9-7-13)19(23)15-4-3-5-17(21)11-15;16-14(8-10-4-6-12(17)7-5-10)15(19)11-2-1-3-13(18)9-11;1-2-8-5(7)3-4-6;2-1-3/h3-9,11,14,18H,2,10H2,1H3;1-7,9,14H,8H2;2-3H2,1H3;. The number of ketones is 2. The number of Topliss-reactive ketones (excluding diaryl/α,β-unsaturated/α-hetero) is 2. The van der Waals surface area contributed by atoms with Crippen molar-refractivity contribution < 1.29 is 28.7 Å². The summed E-state index contributed by atoms with van der Waals surface area (Å²) in [5.41, 5.74) is 3.21. The van der Waals surface area contributed by atoms with Gasteiger partial charge in [-0.25, -0.2) is 0 Å². The molecule has 3 atom stereocenters. The van der Waals surface area contributed by atoms with Crippen LogP contribution in [0.4, 0.5) is 0 Å². The Kier molecular flexibility index (Phi) is 23.3. The summed E-state index contributed by atoms with van der Waals surface area (Å²) in [6.07, 6.45) is 1.85. The van der Waals surface area contributed by atoms with E-state index in [0.29, 0.717) is 57.1 Å². The topological polar surface area (TPSA) is 142 Å². The third kappa shape index (κ3) is 18.3. The van der Waals surface area contributed by atoms with Gasteiger partial charge in [0, 0.05) is 37.1 Å². The van der Waals surface area contributed by atoms with Crippen LogP contribution in [0.3, 0.4) is 0 Å². The van der Waals surface area contributed by atoms with E-state index in [4.69, 9.17) is 61.3 Å². The number of rotatable bonds is 12. The molecule has 0 fully saturated rings. The average Bonchev–Trinajstić information content (AvgIpc) is 3.14. The molecule has 0 heterocycles. The second-order valence-corrected chi connectivity index (χ2v) is 13.7. The summed E-state index contributed by atoms with van der Waals surface area (Å²) in [6, 6.07) is 32.7. The number of alkyl halides is 1. The zero-order valence-electron chi connectivity index (χ0n) is 28.7. The Bertz CT molecular complexity index is 1890. The predicted octanol–water partition coefficient (Wildman–Crippen LogP) is 10.6. The molecule has 4 rings (SSSR count). The minimum absolute atomic E-state index is 0.0254. The first-order valence-electron chi connectivity index (χ1n) is 16.0. The number of nitrogens with zero attached hydrogens (tertiary/aromatic N) is 2. The van der Waals surface area contributed by atoms with Crippen molar-refractivity contribution in [3.63, 3.8) is 0 Å². The van der Waals surface area contributed by atoms with Gasteiger partial charge in [-0.2, -0.15) is 20.1 Å². The summed E-state index contributed by atoms with van der Waals surface area (Å²) in [7, 11) is 0. The minimum atomic E-state index is -0.449. The van der Waals surface area contributed by atoms with Crippen LogP contribution in [0.25, 0.3) is 0 Å². The van der Waals surface area contributed by atoms with Crippen LogP contribution >= 0.6 is 62.3 Å². The molecule has 0 aliphatic rings. The van der Waals surface area contributed by atoms with Crippen molar-refractivity contribution in [2.45, 2.75) is 44.4 Å². The van der Waals surface area contributed by atoms with E-state index in [0.717, 1.165) is 11.1 Å². The first-order valence-corrected chi connectivity index (χ1v) is 18.4. The summed E-state index contributed by atoms with van der Waals surface area (Å²) in [6.45, 7) is 3.98. The van der Waals surface area contributed by atoms with Crippen LogP contribution in [0, 0.1) is 34.5 Å². The molecule has 0 saturated heterocycles. The second kappa shape index (κ2) is 26.5. The van der Waals surface area contributed by atoms with E-state index in [1.165, 1.54) is 0 Å². The molecular formula is C40H35BrCl4N2O6. The lowest BCUT2D eigenvalue weighted by atomic mass is 9.81. The molecule has 0 aromatic heterocycles. The summed E-state index contributed by atoms with van der Waals surface area (Å²) in [5, 5.41) is 19.8. The number of halogens is 5. The monoisotopic (exact) mass is 858 g/mol. The molecule has 0 radical (unpaired) electrons. The minimum Gasteiger partial charge on any atom is -0.465 e. The van der Waals surface area contributed by atoms with Crippen LogP contribution in [0.2, 0.25) is 20.1 Å². The molecule has 0 aliphatic heterocycles. The number of carbonyl (C=O) groups is 3. The highest BCUT2D eigenvalue weighted by Gasteiger charge is 2.28. The maximum absolute atomic E-state index is 12.9. The van der Waals surface area contributed by atoms with Crippen molar-refractivity contribution in [1.29, 1.82) is 10.5 Å².